The lowest BCUT2D eigenvalue weighted by atomic mass is 9.92. The molecule has 166 valence electrons. The Morgan fingerprint density at radius 2 is 1.88 bits per heavy atom. The van der Waals surface area contributed by atoms with Crippen molar-refractivity contribution in [2.75, 3.05) is 33.9 Å². The van der Waals surface area contributed by atoms with Crippen molar-refractivity contribution in [3.63, 3.8) is 0 Å². The number of methoxy groups -OCH3 is 2. The van der Waals surface area contributed by atoms with E-state index in [0.717, 1.165) is 40.3 Å². The molecule has 1 aromatic heterocycles. The highest BCUT2D eigenvalue weighted by atomic mass is 16.5. The molecule has 6 nitrogen and oxygen atoms in total. The first-order chi connectivity index (χ1) is 15.7. The molecule has 1 amide bonds. The molecule has 1 fully saturated rings. The van der Waals surface area contributed by atoms with Crippen LogP contribution in [0.1, 0.15) is 11.1 Å². The number of benzene rings is 2. The first-order valence-electron chi connectivity index (χ1n) is 10.9. The lowest BCUT2D eigenvalue weighted by Crippen LogP contribution is -2.33. The van der Waals surface area contributed by atoms with E-state index in [1.165, 1.54) is 0 Å². The molecular formula is C26H29N3O3. The third-order valence-electron chi connectivity index (χ3n) is 5.91. The Kier molecular flexibility index (Phi) is 7.02. The fourth-order valence-corrected chi connectivity index (χ4v) is 4.35. The molecule has 6 heteroatoms. The van der Waals surface area contributed by atoms with Gasteiger partial charge < -0.3 is 14.8 Å². The average Bonchev–Trinajstić information content (AvgIpc) is 3.00. The molecule has 2 heterocycles. The molecule has 1 unspecified atom stereocenters. The van der Waals surface area contributed by atoms with Crippen LogP contribution in [0, 0.1) is 5.92 Å². The first kappa shape index (κ1) is 21.8. The van der Waals surface area contributed by atoms with Crippen molar-refractivity contribution in [2.24, 2.45) is 5.92 Å². The number of nitrogens with zero attached hydrogens (tertiary/aromatic N) is 2. The van der Waals surface area contributed by atoms with Gasteiger partial charge in [-0.15, -0.1) is 0 Å². The number of rotatable bonds is 7. The molecule has 1 saturated heterocycles. The Morgan fingerprint density at radius 3 is 2.66 bits per heavy atom. The van der Waals surface area contributed by atoms with E-state index in [4.69, 9.17) is 9.47 Å². The van der Waals surface area contributed by atoms with E-state index in [9.17, 15) is 4.79 Å². The molecule has 1 aliphatic rings. The van der Waals surface area contributed by atoms with Crippen LogP contribution in [0.15, 0.2) is 67.0 Å². The van der Waals surface area contributed by atoms with Crippen LogP contribution in [0.5, 0.6) is 11.5 Å². The fraction of sp³-hybridized carbons (Fsp3) is 0.308. The van der Waals surface area contributed by atoms with Gasteiger partial charge in [-0.05, 0) is 29.7 Å². The summed E-state index contributed by atoms with van der Waals surface area (Å²) >= 11 is 0. The van der Waals surface area contributed by atoms with E-state index in [0.29, 0.717) is 26.1 Å². The maximum absolute atomic E-state index is 12.9. The summed E-state index contributed by atoms with van der Waals surface area (Å²) in [6, 6.07) is 18.2. The molecule has 3 aromatic rings. The summed E-state index contributed by atoms with van der Waals surface area (Å²) in [7, 11) is 3.30. The average molecular weight is 432 g/mol. The van der Waals surface area contributed by atoms with E-state index in [2.05, 4.69) is 33.4 Å². The number of pyridine rings is 1. The van der Waals surface area contributed by atoms with Crippen LogP contribution >= 0.6 is 0 Å². The minimum Gasteiger partial charge on any atom is -0.493 e. The normalized spacial score (nSPS) is 16.8. The van der Waals surface area contributed by atoms with Crippen LogP contribution in [0.25, 0.3) is 11.1 Å². The number of carbonyl (C=O) groups is 1. The highest BCUT2D eigenvalue weighted by Gasteiger charge is 2.27. The number of ether oxygens (including phenoxy) is 2. The predicted molar refractivity (Wildman–Crippen MR) is 125 cm³/mol. The summed E-state index contributed by atoms with van der Waals surface area (Å²) in [5.74, 6) is 1.42. The molecule has 0 bridgehead atoms. The summed E-state index contributed by atoms with van der Waals surface area (Å²) in [5.41, 5.74) is 4.39. The number of para-hydroxylation sites is 1. The summed E-state index contributed by atoms with van der Waals surface area (Å²) < 4.78 is 11.1. The third kappa shape index (κ3) is 4.92. The van der Waals surface area contributed by atoms with E-state index in [1.807, 2.05) is 42.6 Å². The van der Waals surface area contributed by atoms with Crippen molar-refractivity contribution in [2.45, 2.75) is 13.0 Å². The number of hydrogen-bond donors (Lipinski definition) is 1. The molecule has 0 saturated carbocycles. The van der Waals surface area contributed by atoms with Crippen molar-refractivity contribution >= 4 is 5.91 Å². The number of nitrogens with one attached hydrogen (secondary N) is 1. The van der Waals surface area contributed by atoms with Crippen LogP contribution in [0.4, 0.5) is 0 Å². The number of aromatic nitrogens is 1. The highest BCUT2D eigenvalue weighted by molar-refractivity contribution is 5.80. The summed E-state index contributed by atoms with van der Waals surface area (Å²) in [4.78, 5) is 19.5. The maximum atomic E-state index is 12.9. The molecule has 1 aliphatic heterocycles. The Bertz CT molecular complexity index is 1060. The lowest BCUT2D eigenvalue weighted by molar-refractivity contribution is -0.124. The van der Waals surface area contributed by atoms with Crippen molar-refractivity contribution in [1.82, 2.24) is 15.2 Å². The number of carbonyl (C=O) groups excluding carboxylic acids is 1. The minimum absolute atomic E-state index is 0.103. The zero-order valence-corrected chi connectivity index (χ0v) is 18.6. The second-order valence-electron chi connectivity index (χ2n) is 7.98. The SMILES string of the molecule is COc1cccc(CN2CCNC(=O)C(Cc3ccccc3-c3cccnc3)C2)c1OC. The predicted octanol–water partition coefficient (Wildman–Crippen LogP) is 3.56. The molecule has 2 aromatic carbocycles. The summed E-state index contributed by atoms with van der Waals surface area (Å²) in [6.45, 7) is 2.78. The Morgan fingerprint density at radius 1 is 1.03 bits per heavy atom. The molecule has 4 rings (SSSR count). The van der Waals surface area contributed by atoms with E-state index < -0.39 is 0 Å². The summed E-state index contributed by atoms with van der Waals surface area (Å²) in [5, 5.41) is 3.09. The van der Waals surface area contributed by atoms with Gasteiger partial charge in [0.25, 0.3) is 0 Å². The minimum atomic E-state index is -0.146. The standard InChI is InChI=1S/C26H29N3O3/c1-31-24-11-5-8-21(25(24)32-2)17-29-14-13-28-26(30)22(18-29)15-19-7-3-4-10-23(19)20-9-6-12-27-16-20/h3-12,16,22H,13-15,17-18H2,1-2H3,(H,28,30). The van der Waals surface area contributed by atoms with Crippen LogP contribution in [-0.4, -0.2) is 49.6 Å². The topological polar surface area (TPSA) is 63.7 Å². The molecule has 0 radical (unpaired) electrons. The molecule has 1 N–H and O–H groups in total. The first-order valence-corrected chi connectivity index (χ1v) is 10.9. The van der Waals surface area contributed by atoms with Gasteiger partial charge in [0.15, 0.2) is 11.5 Å². The van der Waals surface area contributed by atoms with Crippen molar-refractivity contribution < 1.29 is 14.3 Å². The zero-order valence-electron chi connectivity index (χ0n) is 18.6. The van der Waals surface area contributed by atoms with Crippen LogP contribution < -0.4 is 14.8 Å². The highest BCUT2D eigenvalue weighted by Crippen LogP contribution is 2.32. The molecule has 0 aliphatic carbocycles. The van der Waals surface area contributed by atoms with Gasteiger partial charge in [-0.25, -0.2) is 0 Å². The number of hydrogen-bond acceptors (Lipinski definition) is 5. The van der Waals surface area contributed by atoms with E-state index >= 15 is 0 Å². The fourth-order valence-electron chi connectivity index (χ4n) is 4.35. The largest absolute Gasteiger partial charge is 0.493 e. The Hall–Kier alpha value is -3.38. The monoisotopic (exact) mass is 431 g/mol. The van der Waals surface area contributed by atoms with Crippen LogP contribution in [0.3, 0.4) is 0 Å². The van der Waals surface area contributed by atoms with Gasteiger partial charge in [-0.2, -0.15) is 0 Å². The number of amides is 1. The van der Waals surface area contributed by atoms with Gasteiger partial charge in [-0.3, -0.25) is 14.7 Å². The zero-order chi connectivity index (χ0) is 22.3. The van der Waals surface area contributed by atoms with Crippen molar-refractivity contribution in [3.8, 4) is 22.6 Å². The maximum Gasteiger partial charge on any atom is 0.224 e. The second kappa shape index (κ2) is 10.3. The van der Waals surface area contributed by atoms with Gasteiger partial charge in [0.1, 0.15) is 0 Å². The third-order valence-corrected chi connectivity index (χ3v) is 5.91. The quantitative estimate of drug-likeness (QED) is 0.620. The summed E-state index contributed by atoms with van der Waals surface area (Å²) in [6.07, 6.45) is 4.31. The van der Waals surface area contributed by atoms with Crippen molar-refractivity contribution in [1.29, 1.82) is 0 Å². The van der Waals surface area contributed by atoms with Gasteiger partial charge in [0, 0.05) is 49.7 Å². The van der Waals surface area contributed by atoms with E-state index in [-0.39, 0.29) is 11.8 Å². The Balaban J connectivity index is 1.55. The van der Waals surface area contributed by atoms with Gasteiger partial charge in [0.2, 0.25) is 5.91 Å². The van der Waals surface area contributed by atoms with E-state index in [1.54, 1.807) is 20.4 Å². The Labute approximate surface area is 189 Å². The molecule has 0 spiro atoms. The molecular weight excluding hydrogens is 402 g/mol. The van der Waals surface area contributed by atoms with Gasteiger partial charge >= 0.3 is 0 Å². The second-order valence-corrected chi connectivity index (χ2v) is 7.98. The molecule has 1 atom stereocenters. The van der Waals surface area contributed by atoms with Gasteiger partial charge in [-0.1, -0.05) is 42.5 Å². The van der Waals surface area contributed by atoms with Gasteiger partial charge in [0.05, 0.1) is 20.1 Å². The van der Waals surface area contributed by atoms with Crippen LogP contribution in [0.2, 0.25) is 0 Å². The van der Waals surface area contributed by atoms with Crippen molar-refractivity contribution in [3.05, 3.63) is 78.1 Å². The molecule has 32 heavy (non-hydrogen) atoms. The van der Waals surface area contributed by atoms with Crippen LogP contribution in [-0.2, 0) is 17.8 Å². The smallest absolute Gasteiger partial charge is 0.224 e. The lowest BCUT2D eigenvalue weighted by Gasteiger charge is -2.24.